The minimum atomic E-state index is -0.473. The molecule has 5 heteroatoms. The van der Waals surface area contributed by atoms with E-state index in [1.54, 1.807) is 13.4 Å². The molecular weight excluding hydrogens is 302 g/mol. The van der Waals surface area contributed by atoms with Crippen LogP contribution in [0.25, 0.3) is 0 Å². The highest BCUT2D eigenvalue weighted by Gasteiger charge is 2.12. The van der Waals surface area contributed by atoms with Crippen molar-refractivity contribution in [1.29, 1.82) is 0 Å². The Morgan fingerprint density at radius 3 is 2.67 bits per heavy atom. The lowest BCUT2D eigenvalue weighted by Gasteiger charge is -2.17. The van der Waals surface area contributed by atoms with E-state index in [1.807, 2.05) is 31.3 Å². The molecule has 1 aromatic rings. The Morgan fingerprint density at radius 1 is 1.42 bits per heavy atom. The second-order valence-electron chi connectivity index (χ2n) is 5.50. The Balaban J connectivity index is 0.000000341. The van der Waals surface area contributed by atoms with Gasteiger partial charge in [0.05, 0.1) is 6.33 Å². The van der Waals surface area contributed by atoms with E-state index in [0.29, 0.717) is 0 Å². The SMILES string of the molecule is CCCC1=C=CC=C(N(C)C(=O)CO)C=C1C.CCc1cnc[nH]1. The highest BCUT2D eigenvalue weighted by Crippen LogP contribution is 2.20. The van der Waals surface area contributed by atoms with Gasteiger partial charge in [-0.15, -0.1) is 5.73 Å². The number of aliphatic hydroxyl groups excluding tert-OH is 1. The van der Waals surface area contributed by atoms with Crippen LogP contribution in [0.4, 0.5) is 0 Å². The first-order valence-corrected chi connectivity index (χ1v) is 8.22. The summed E-state index contributed by atoms with van der Waals surface area (Å²) in [4.78, 5) is 19.7. The van der Waals surface area contributed by atoms with E-state index in [2.05, 4.69) is 29.5 Å². The van der Waals surface area contributed by atoms with Crippen LogP contribution in [0.5, 0.6) is 0 Å². The van der Waals surface area contributed by atoms with Gasteiger partial charge in [-0.2, -0.15) is 0 Å². The van der Waals surface area contributed by atoms with Crippen LogP contribution in [0, 0.1) is 0 Å². The molecule has 24 heavy (non-hydrogen) atoms. The summed E-state index contributed by atoms with van der Waals surface area (Å²) in [5, 5.41) is 8.84. The number of rotatable bonds is 5. The molecule has 5 nitrogen and oxygen atoms in total. The van der Waals surface area contributed by atoms with E-state index >= 15 is 0 Å². The monoisotopic (exact) mass is 329 g/mol. The molecule has 0 bridgehead atoms. The first-order valence-electron chi connectivity index (χ1n) is 8.22. The van der Waals surface area contributed by atoms with Gasteiger partial charge in [0.2, 0.25) is 0 Å². The number of allylic oxidation sites excluding steroid dienone is 4. The fourth-order valence-electron chi connectivity index (χ4n) is 2.15. The largest absolute Gasteiger partial charge is 0.387 e. The first-order chi connectivity index (χ1) is 11.5. The number of amides is 1. The van der Waals surface area contributed by atoms with Crippen molar-refractivity contribution in [2.75, 3.05) is 13.7 Å². The van der Waals surface area contributed by atoms with Crippen LogP contribution in [-0.2, 0) is 11.2 Å². The molecule has 0 spiro atoms. The number of aromatic nitrogens is 2. The molecule has 0 aromatic carbocycles. The number of nitrogens with one attached hydrogen (secondary N) is 1. The third-order valence-electron chi connectivity index (χ3n) is 3.68. The molecule has 0 radical (unpaired) electrons. The lowest BCUT2D eigenvalue weighted by Crippen LogP contribution is -2.27. The molecule has 1 aliphatic rings. The molecule has 0 aliphatic heterocycles. The van der Waals surface area contributed by atoms with Gasteiger partial charge in [0.15, 0.2) is 0 Å². The summed E-state index contributed by atoms with van der Waals surface area (Å²) in [6, 6.07) is 0. The van der Waals surface area contributed by atoms with E-state index in [1.165, 1.54) is 16.2 Å². The summed E-state index contributed by atoms with van der Waals surface area (Å²) in [5.74, 6) is -0.312. The number of aliphatic hydroxyl groups is 1. The van der Waals surface area contributed by atoms with Gasteiger partial charge in [-0.3, -0.25) is 4.79 Å². The third-order valence-corrected chi connectivity index (χ3v) is 3.68. The molecule has 0 unspecified atom stereocenters. The molecule has 0 saturated heterocycles. The minimum Gasteiger partial charge on any atom is -0.387 e. The summed E-state index contributed by atoms with van der Waals surface area (Å²) in [5.41, 5.74) is 7.48. The molecular formula is C19H27N3O2. The zero-order valence-electron chi connectivity index (χ0n) is 15.0. The molecule has 1 amide bonds. The van der Waals surface area contributed by atoms with Gasteiger partial charge in [-0.1, -0.05) is 20.3 Å². The van der Waals surface area contributed by atoms with Gasteiger partial charge in [0.1, 0.15) is 6.61 Å². The highest BCUT2D eigenvalue weighted by molar-refractivity contribution is 5.79. The average Bonchev–Trinajstić information content (AvgIpc) is 3.06. The van der Waals surface area contributed by atoms with Crippen molar-refractivity contribution < 1.29 is 9.90 Å². The lowest BCUT2D eigenvalue weighted by molar-refractivity contribution is -0.130. The van der Waals surface area contributed by atoms with E-state index in [0.717, 1.165) is 30.5 Å². The Morgan fingerprint density at radius 2 is 2.17 bits per heavy atom. The molecule has 1 aromatic heterocycles. The van der Waals surface area contributed by atoms with Gasteiger partial charge in [0, 0.05) is 24.6 Å². The van der Waals surface area contributed by atoms with Gasteiger partial charge < -0.3 is 15.0 Å². The first kappa shape index (κ1) is 19.7. The standard InChI is InChI=1S/C14H19NO2.C5H8N2/c1-4-6-12-7-5-8-13(9-11(12)2)15(3)14(17)10-16;1-2-5-3-6-4-7-5/h5,8-9,16H,4,6,10H2,1-3H3;3-4H,2H2,1H3,(H,6,7). The Labute approximate surface area is 144 Å². The zero-order valence-corrected chi connectivity index (χ0v) is 15.0. The molecule has 0 atom stereocenters. The number of hydrogen-bond donors (Lipinski definition) is 2. The fourth-order valence-corrected chi connectivity index (χ4v) is 2.15. The summed E-state index contributed by atoms with van der Waals surface area (Å²) in [6.07, 6.45) is 12.2. The Kier molecular flexibility index (Phi) is 8.55. The summed E-state index contributed by atoms with van der Waals surface area (Å²) in [7, 11) is 1.66. The normalized spacial score (nSPS) is 13.1. The third kappa shape index (κ3) is 6.03. The van der Waals surface area contributed by atoms with Crippen molar-refractivity contribution >= 4 is 5.91 Å². The molecule has 0 saturated carbocycles. The predicted octanol–water partition coefficient (Wildman–Crippen LogP) is 3.13. The van der Waals surface area contributed by atoms with Crippen LogP contribution < -0.4 is 0 Å². The molecule has 2 rings (SSSR count). The van der Waals surface area contributed by atoms with E-state index in [9.17, 15) is 4.79 Å². The van der Waals surface area contributed by atoms with Crippen molar-refractivity contribution in [3.63, 3.8) is 0 Å². The molecule has 130 valence electrons. The van der Waals surface area contributed by atoms with Crippen LogP contribution in [-0.4, -0.2) is 39.5 Å². The lowest BCUT2D eigenvalue weighted by atomic mass is 10.0. The number of H-pyrrole nitrogens is 1. The number of carbonyl (C=O) groups excluding carboxylic acids is 1. The van der Waals surface area contributed by atoms with Crippen LogP contribution in [0.1, 0.15) is 39.3 Å². The van der Waals surface area contributed by atoms with Crippen LogP contribution in [0.15, 0.2) is 53.3 Å². The van der Waals surface area contributed by atoms with Crippen molar-refractivity contribution in [1.82, 2.24) is 14.9 Å². The Bertz CT molecular complexity index is 648. The summed E-state index contributed by atoms with van der Waals surface area (Å²) < 4.78 is 0. The van der Waals surface area contributed by atoms with Crippen molar-refractivity contribution in [3.8, 4) is 0 Å². The average molecular weight is 329 g/mol. The molecule has 1 heterocycles. The minimum absolute atomic E-state index is 0.312. The van der Waals surface area contributed by atoms with Crippen molar-refractivity contribution in [3.05, 3.63) is 59.0 Å². The topological polar surface area (TPSA) is 69.2 Å². The van der Waals surface area contributed by atoms with E-state index in [4.69, 9.17) is 5.11 Å². The molecule has 1 aliphatic carbocycles. The molecule has 0 fully saturated rings. The second kappa shape index (κ2) is 10.4. The number of likely N-dealkylation sites (N-methyl/N-ethyl adjacent to an activating group) is 1. The highest BCUT2D eigenvalue weighted by atomic mass is 16.3. The molecule has 2 N–H and O–H groups in total. The van der Waals surface area contributed by atoms with E-state index < -0.39 is 6.61 Å². The van der Waals surface area contributed by atoms with E-state index in [-0.39, 0.29) is 5.91 Å². The maximum atomic E-state index is 11.4. The van der Waals surface area contributed by atoms with Gasteiger partial charge >= 0.3 is 0 Å². The quantitative estimate of drug-likeness (QED) is 0.816. The van der Waals surface area contributed by atoms with Crippen LogP contribution >= 0.6 is 0 Å². The number of nitrogens with zero attached hydrogens (tertiary/aromatic N) is 2. The smallest absolute Gasteiger partial charge is 0.252 e. The maximum absolute atomic E-state index is 11.4. The second-order valence-corrected chi connectivity index (χ2v) is 5.50. The predicted molar refractivity (Wildman–Crippen MR) is 96.2 cm³/mol. The summed E-state index contributed by atoms with van der Waals surface area (Å²) >= 11 is 0. The van der Waals surface area contributed by atoms with Crippen molar-refractivity contribution in [2.24, 2.45) is 0 Å². The van der Waals surface area contributed by atoms with Crippen molar-refractivity contribution in [2.45, 2.75) is 40.0 Å². The summed E-state index contributed by atoms with van der Waals surface area (Å²) in [6.45, 7) is 5.76. The number of aryl methyl sites for hydroxylation is 1. The maximum Gasteiger partial charge on any atom is 0.252 e. The zero-order chi connectivity index (χ0) is 17.9. The fraction of sp³-hybridized carbons (Fsp3) is 0.421. The number of aromatic amines is 1. The van der Waals surface area contributed by atoms with Gasteiger partial charge in [0.25, 0.3) is 5.91 Å². The van der Waals surface area contributed by atoms with Gasteiger partial charge in [-0.05, 0) is 49.1 Å². The van der Waals surface area contributed by atoms with Crippen LogP contribution in [0.2, 0.25) is 0 Å². The number of hydrogen-bond acceptors (Lipinski definition) is 3. The van der Waals surface area contributed by atoms with Gasteiger partial charge in [-0.25, -0.2) is 4.98 Å². The number of carbonyl (C=O) groups is 1. The number of imidazole rings is 1. The van der Waals surface area contributed by atoms with Crippen LogP contribution in [0.3, 0.4) is 0 Å². The Hall–Kier alpha value is -2.36.